The van der Waals surface area contributed by atoms with E-state index in [0.29, 0.717) is 22.0 Å². The summed E-state index contributed by atoms with van der Waals surface area (Å²) in [4.78, 5) is 10.6. The van der Waals surface area contributed by atoms with E-state index in [-0.39, 0.29) is 9.90 Å². The third-order valence-electron chi connectivity index (χ3n) is 2.99. The first-order valence-corrected chi connectivity index (χ1v) is 8.08. The molecule has 0 radical (unpaired) electrons. The van der Waals surface area contributed by atoms with Crippen molar-refractivity contribution in [3.8, 4) is 0 Å². The molecule has 10 heteroatoms. The first kappa shape index (κ1) is 15.4. The number of nitrogens with zero attached hydrogens (tertiary/aromatic N) is 3. The van der Waals surface area contributed by atoms with E-state index in [4.69, 9.17) is 4.52 Å². The van der Waals surface area contributed by atoms with E-state index in [1.54, 1.807) is 13.8 Å². The van der Waals surface area contributed by atoms with Crippen LogP contribution in [0.15, 0.2) is 14.8 Å². The molecule has 2 aromatic rings. The average molecular weight is 331 g/mol. The van der Waals surface area contributed by atoms with Crippen molar-refractivity contribution in [1.29, 1.82) is 0 Å². The molecule has 0 aliphatic heterocycles. The lowest BCUT2D eigenvalue weighted by molar-refractivity contribution is -0.385. The quantitative estimate of drug-likeness (QED) is 0.629. The summed E-state index contributed by atoms with van der Waals surface area (Å²) in [5.74, 6) is 0.362. The highest BCUT2D eigenvalue weighted by molar-refractivity contribution is 7.94. The zero-order valence-electron chi connectivity index (χ0n) is 11.8. The van der Waals surface area contributed by atoms with Crippen LogP contribution in [0.2, 0.25) is 0 Å². The molecule has 0 bridgehead atoms. The number of aryl methyl sites for hydroxylation is 3. The van der Waals surface area contributed by atoms with Crippen LogP contribution in [0.1, 0.15) is 16.3 Å². The van der Waals surface area contributed by atoms with E-state index in [9.17, 15) is 18.5 Å². The minimum Gasteiger partial charge on any atom is -0.359 e. The minimum absolute atomic E-state index is 0.0887. The number of hydrogen-bond acceptors (Lipinski definition) is 7. The van der Waals surface area contributed by atoms with Crippen LogP contribution in [0.3, 0.4) is 0 Å². The number of thiophene rings is 1. The van der Waals surface area contributed by atoms with Crippen molar-refractivity contribution in [3.63, 3.8) is 0 Å². The molecule has 0 atom stereocenters. The van der Waals surface area contributed by atoms with Crippen molar-refractivity contribution in [2.75, 3.05) is 11.4 Å². The molecular weight excluding hydrogens is 318 g/mol. The fraction of sp³-hybridized carbons (Fsp3) is 0.364. The van der Waals surface area contributed by atoms with Crippen LogP contribution in [0.5, 0.6) is 0 Å². The zero-order chi connectivity index (χ0) is 15.9. The summed E-state index contributed by atoms with van der Waals surface area (Å²) >= 11 is 0.865. The number of anilines is 1. The molecule has 0 aliphatic carbocycles. The predicted molar refractivity (Wildman–Crippen MR) is 77.3 cm³/mol. The van der Waals surface area contributed by atoms with Crippen molar-refractivity contribution in [1.82, 2.24) is 5.16 Å². The topological polar surface area (TPSA) is 107 Å². The fourth-order valence-electron chi connectivity index (χ4n) is 1.94. The summed E-state index contributed by atoms with van der Waals surface area (Å²) < 4.78 is 31.0. The van der Waals surface area contributed by atoms with E-state index in [0.717, 1.165) is 21.7 Å². The number of hydrogen-bond donors (Lipinski definition) is 0. The third kappa shape index (κ3) is 2.51. The van der Waals surface area contributed by atoms with Crippen LogP contribution >= 0.6 is 11.3 Å². The molecule has 0 aliphatic rings. The van der Waals surface area contributed by atoms with Crippen molar-refractivity contribution in [2.24, 2.45) is 0 Å². The Bertz CT molecular complexity index is 786. The van der Waals surface area contributed by atoms with Gasteiger partial charge in [-0.1, -0.05) is 5.16 Å². The molecule has 0 aromatic carbocycles. The van der Waals surface area contributed by atoms with Crippen molar-refractivity contribution < 1.29 is 17.9 Å². The van der Waals surface area contributed by atoms with Crippen LogP contribution in [0.25, 0.3) is 0 Å². The van der Waals surface area contributed by atoms with Crippen molar-refractivity contribution >= 4 is 32.7 Å². The molecule has 0 unspecified atom stereocenters. The highest BCUT2D eigenvalue weighted by Gasteiger charge is 2.30. The summed E-state index contributed by atoms with van der Waals surface area (Å²) in [5, 5.41) is 14.6. The predicted octanol–water partition coefficient (Wildman–Crippen LogP) is 2.39. The zero-order valence-corrected chi connectivity index (χ0v) is 13.4. The van der Waals surface area contributed by atoms with Crippen molar-refractivity contribution in [2.45, 2.75) is 25.0 Å². The lowest BCUT2D eigenvalue weighted by Crippen LogP contribution is -2.26. The van der Waals surface area contributed by atoms with Crippen LogP contribution in [-0.4, -0.2) is 25.5 Å². The smallest absolute Gasteiger partial charge is 0.284 e. The Morgan fingerprint density at radius 2 is 2.00 bits per heavy atom. The number of aromatic nitrogens is 1. The van der Waals surface area contributed by atoms with Gasteiger partial charge in [0.25, 0.3) is 15.7 Å². The average Bonchev–Trinajstić information content (AvgIpc) is 2.93. The van der Waals surface area contributed by atoms with E-state index in [1.165, 1.54) is 14.0 Å². The highest BCUT2D eigenvalue weighted by atomic mass is 32.2. The van der Waals surface area contributed by atoms with E-state index < -0.39 is 14.9 Å². The largest absolute Gasteiger partial charge is 0.359 e. The Hall–Kier alpha value is -1.94. The van der Waals surface area contributed by atoms with Gasteiger partial charge in [0.1, 0.15) is 15.6 Å². The summed E-state index contributed by atoms with van der Waals surface area (Å²) in [6.45, 7) is 4.74. The molecule has 8 nitrogen and oxygen atoms in total. The Kier molecular flexibility index (Phi) is 3.76. The standard InChI is InChI=1S/C11H13N3O5S2/c1-6-11(7(2)19-12-6)13(4)21(17,18)10-5-9(14(15)16)8(3)20-10/h5H,1-4H3. The van der Waals surface area contributed by atoms with E-state index in [2.05, 4.69) is 5.16 Å². The SMILES string of the molecule is Cc1noc(C)c1N(C)S(=O)(=O)c1cc([N+](=O)[O-])c(C)s1. The normalized spacial score (nSPS) is 11.6. The summed E-state index contributed by atoms with van der Waals surface area (Å²) in [5.41, 5.74) is 0.566. The van der Waals surface area contributed by atoms with Crippen LogP contribution < -0.4 is 4.31 Å². The molecule has 114 valence electrons. The maximum absolute atomic E-state index is 12.6. The Balaban J connectivity index is 2.52. The van der Waals surface area contributed by atoms with Crippen LogP contribution in [0.4, 0.5) is 11.4 Å². The molecule has 0 amide bonds. The number of rotatable bonds is 4. The van der Waals surface area contributed by atoms with Gasteiger partial charge >= 0.3 is 0 Å². The van der Waals surface area contributed by atoms with Gasteiger partial charge in [-0.15, -0.1) is 11.3 Å². The van der Waals surface area contributed by atoms with Crippen LogP contribution in [0, 0.1) is 30.9 Å². The van der Waals surface area contributed by atoms with Gasteiger partial charge in [-0.05, 0) is 20.8 Å². The van der Waals surface area contributed by atoms with Gasteiger partial charge in [0.15, 0.2) is 5.76 Å². The van der Waals surface area contributed by atoms with E-state index >= 15 is 0 Å². The highest BCUT2D eigenvalue weighted by Crippen LogP contribution is 2.35. The maximum Gasteiger partial charge on any atom is 0.284 e. The molecule has 0 spiro atoms. The summed E-state index contributed by atoms with van der Waals surface area (Å²) in [6.07, 6.45) is 0. The molecule has 2 heterocycles. The van der Waals surface area contributed by atoms with Gasteiger partial charge in [0, 0.05) is 13.1 Å². The monoisotopic (exact) mass is 331 g/mol. The minimum atomic E-state index is -3.89. The first-order valence-electron chi connectivity index (χ1n) is 5.83. The molecule has 0 saturated heterocycles. The van der Waals surface area contributed by atoms with Crippen LogP contribution in [-0.2, 0) is 10.0 Å². The second-order valence-electron chi connectivity index (χ2n) is 4.41. The Morgan fingerprint density at radius 1 is 1.38 bits per heavy atom. The Morgan fingerprint density at radius 3 is 2.43 bits per heavy atom. The van der Waals surface area contributed by atoms with Gasteiger partial charge < -0.3 is 4.52 Å². The molecule has 0 saturated carbocycles. The Labute approximate surface area is 125 Å². The molecule has 2 aromatic heterocycles. The second-order valence-corrected chi connectivity index (χ2v) is 7.86. The molecule has 0 fully saturated rings. The summed E-state index contributed by atoms with van der Waals surface area (Å²) in [7, 11) is -2.53. The van der Waals surface area contributed by atoms with Gasteiger partial charge in [-0.25, -0.2) is 8.42 Å². The maximum atomic E-state index is 12.6. The van der Waals surface area contributed by atoms with E-state index in [1.807, 2.05) is 0 Å². The lowest BCUT2D eigenvalue weighted by atomic mass is 10.3. The molecular formula is C11H13N3O5S2. The second kappa shape index (κ2) is 5.11. The lowest BCUT2D eigenvalue weighted by Gasteiger charge is -2.17. The van der Waals surface area contributed by atoms with Gasteiger partial charge in [-0.2, -0.15) is 0 Å². The molecule has 21 heavy (non-hydrogen) atoms. The van der Waals surface area contributed by atoms with Crippen molar-refractivity contribution in [3.05, 3.63) is 32.5 Å². The molecule has 0 N–H and O–H groups in total. The fourth-order valence-corrected chi connectivity index (χ4v) is 4.81. The number of nitro groups is 1. The summed E-state index contributed by atoms with van der Waals surface area (Å²) in [6, 6.07) is 1.07. The third-order valence-corrected chi connectivity index (χ3v) is 6.24. The van der Waals surface area contributed by atoms with Gasteiger partial charge in [0.05, 0.1) is 9.80 Å². The molecule has 2 rings (SSSR count). The number of sulfonamides is 1. The van der Waals surface area contributed by atoms with Gasteiger partial charge in [-0.3, -0.25) is 14.4 Å². The van der Waals surface area contributed by atoms with Gasteiger partial charge in [0.2, 0.25) is 0 Å². The first-order chi connectivity index (χ1) is 9.66.